The van der Waals surface area contributed by atoms with Gasteiger partial charge in [0, 0.05) is 32.0 Å². The fourth-order valence-corrected chi connectivity index (χ4v) is 2.91. The minimum absolute atomic E-state index is 0.229. The van der Waals surface area contributed by atoms with E-state index < -0.39 is 18.0 Å². The number of ether oxygens (including phenoxy) is 1. The first-order valence-electron chi connectivity index (χ1n) is 10.1. The molecule has 13 heteroatoms. The number of nitrogens with one attached hydrogen (secondary N) is 4. The molecule has 0 aliphatic heterocycles. The van der Waals surface area contributed by atoms with Crippen LogP contribution < -0.4 is 26.0 Å². The second-order valence-corrected chi connectivity index (χ2v) is 6.94. The van der Waals surface area contributed by atoms with E-state index in [0.717, 1.165) is 17.7 Å². The number of benzene rings is 1. The van der Waals surface area contributed by atoms with Crippen molar-refractivity contribution >= 4 is 29.3 Å². The predicted molar refractivity (Wildman–Crippen MR) is 119 cm³/mol. The van der Waals surface area contributed by atoms with E-state index in [4.69, 9.17) is 0 Å². The van der Waals surface area contributed by atoms with E-state index >= 15 is 0 Å². The summed E-state index contributed by atoms with van der Waals surface area (Å²) in [6, 6.07) is 7.84. The monoisotopic (exact) mass is 477 g/mol. The maximum Gasteiger partial charge on any atom is 0.573 e. The van der Waals surface area contributed by atoms with Gasteiger partial charge in [-0.3, -0.25) is 14.8 Å². The van der Waals surface area contributed by atoms with Crippen LogP contribution in [0.4, 0.5) is 35.3 Å². The Bertz CT molecular complexity index is 1150. The average Bonchev–Trinajstić information content (AvgIpc) is 3.13. The van der Waals surface area contributed by atoms with Gasteiger partial charge in [0.05, 0.1) is 6.20 Å². The van der Waals surface area contributed by atoms with Crippen LogP contribution in [0.3, 0.4) is 0 Å². The van der Waals surface area contributed by atoms with E-state index in [1.807, 2.05) is 0 Å². The number of anilines is 3. The van der Waals surface area contributed by atoms with Gasteiger partial charge < -0.3 is 20.7 Å². The third-order valence-corrected chi connectivity index (χ3v) is 4.39. The molecule has 3 rings (SSSR count). The van der Waals surface area contributed by atoms with Crippen LogP contribution >= 0.6 is 0 Å². The van der Waals surface area contributed by atoms with Crippen LogP contribution in [-0.4, -0.2) is 39.6 Å². The van der Waals surface area contributed by atoms with E-state index in [1.165, 1.54) is 23.0 Å². The minimum Gasteiger partial charge on any atom is -0.406 e. The number of urea groups is 1. The summed E-state index contributed by atoms with van der Waals surface area (Å²) in [4.78, 5) is 28.5. The lowest BCUT2D eigenvalue weighted by molar-refractivity contribution is -0.274. The molecule has 10 nitrogen and oxygen atoms in total. The summed E-state index contributed by atoms with van der Waals surface area (Å²) < 4.78 is 42.2. The number of nitrogens with zero attached hydrogens (tertiary/aromatic N) is 3. The van der Waals surface area contributed by atoms with Crippen LogP contribution in [0.1, 0.15) is 22.8 Å². The van der Waals surface area contributed by atoms with Gasteiger partial charge in [-0.05, 0) is 48.9 Å². The molecule has 3 amide bonds. The second kappa shape index (κ2) is 10.6. The van der Waals surface area contributed by atoms with Crippen LogP contribution in [0.15, 0.2) is 48.8 Å². The third kappa shape index (κ3) is 6.85. The fourth-order valence-electron chi connectivity index (χ4n) is 2.91. The Morgan fingerprint density at radius 1 is 1.12 bits per heavy atom. The Morgan fingerprint density at radius 3 is 2.53 bits per heavy atom. The highest BCUT2D eigenvalue weighted by molar-refractivity contribution is 6.07. The molecule has 2 heterocycles. The standard InChI is InChI=1S/C21H22F3N7O3/c1-3-25-20(33)30-17-10-13(8-9-26-17)11-27-18-16(12-28-31(18)2)19(32)29-14-4-6-15(7-5-14)34-21(22,23)24/h4-10,12,27H,3,11H2,1-2H3,(H,29,32)(H2,25,26,30,33). The molecule has 0 saturated heterocycles. The maximum atomic E-state index is 12.7. The number of aromatic nitrogens is 3. The van der Waals surface area contributed by atoms with E-state index in [0.29, 0.717) is 24.7 Å². The molecule has 0 aliphatic rings. The van der Waals surface area contributed by atoms with E-state index in [9.17, 15) is 22.8 Å². The molecule has 0 atom stereocenters. The fraction of sp³-hybridized carbons (Fsp3) is 0.238. The van der Waals surface area contributed by atoms with Gasteiger partial charge in [0.1, 0.15) is 22.9 Å². The Hall–Kier alpha value is -4.29. The van der Waals surface area contributed by atoms with Gasteiger partial charge in [0.15, 0.2) is 0 Å². The lowest BCUT2D eigenvalue weighted by Crippen LogP contribution is -2.28. The highest BCUT2D eigenvalue weighted by Gasteiger charge is 2.31. The van der Waals surface area contributed by atoms with Gasteiger partial charge in [0.25, 0.3) is 5.91 Å². The zero-order valence-corrected chi connectivity index (χ0v) is 18.2. The first-order valence-corrected chi connectivity index (χ1v) is 10.1. The van der Waals surface area contributed by atoms with E-state index in [1.54, 1.807) is 32.3 Å². The number of carbonyl (C=O) groups excluding carboxylic acids is 2. The van der Waals surface area contributed by atoms with Crippen molar-refractivity contribution in [2.24, 2.45) is 7.05 Å². The average molecular weight is 477 g/mol. The van der Waals surface area contributed by atoms with E-state index in [-0.39, 0.29) is 17.3 Å². The molecule has 0 bridgehead atoms. The molecule has 4 N–H and O–H groups in total. The number of hydrogen-bond donors (Lipinski definition) is 4. The number of halogens is 3. The number of alkyl halides is 3. The Kier molecular flexibility index (Phi) is 7.56. The molecule has 1 aromatic carbocycles. The van der Waals surface area contributed by atoms with Crippen molar-refractivity contribution in [1.82, 2.24) is 20.1 Å². The van der Waals surface area contributed by atoms with Gasteiger partial charge in [-0.15, -0.1) is 13.2 Å². The lowest BCUT2D eigenvalue weighted by atomic mass is 10.2. The van der Waals surface area contributed by atoms with Crippen molar-refractivity contribution in [3.8, 4) is 5.75 Å². The summed E-state index contributed by atoms with van der Waals surface area (Å²) in [7, 11) is 1.65. The van der Waals surface area contributed by atoms with Gasteiger partial charge in [-0.1, -0.05) is 0 Å². The molecule has 0 radical (unpaired) electrons. The summed E-state index contributed by atoms with van der Waals surface area (Å²) >= 11 is 0. The summed E-state index contributed by atoms with van der Waals surface area (Å²) in [5, 5.41) is 15.1. The van der Waals surface area contributed by atoms with Crippen LogP contribution in [-0.2, 0) is 13.6 Å². The first-order chi connectivity index (χ1) is 16.1. The highest BCUT2D eigenvalue weighted by atomic mass is 19.4. The molecule has 0 aliphatic carbocycles. The van der Waals surface area contributed by atoms with Crippen molar-refractivity contribution in [2.75, 3.05) is 22.5 Å². The summed E-state index contributed by atoms with van der Waals surface area (Å²) in [6.07, 6.45) is -1.89. The number of hydrogen-bond acceptors (Lipinski definition) is 6. The van der Waals surface area contributed by atoms with Crippen molar-refractivity contribution < 1.29 is 27.5 Å². The van der Waals surface area contributed by atoms with Crippen molar-refractivity contribution in [1.29, 1.82) is 0 Å². The van der Waals surface area contributed by atoms with Crippen molar-refractivity contribution in [3.05, 3.63) is 59.9 Å². The van der Waals surface area contributed by atoms with Gasteiger partial charge in [0.2, 0.25) is 0 Å². The third-order valence-electron chi connectivity index (χ3n) is 4.39. The van der Waals surface area contributed by atoms with Crippen LogP contribution in [0.25, 0.3) is 0 Å². The Balaban J connectivity index is 1.65. The number of rotatable bonds is 8. The topological polar surface area (TPSA) is 122 Å². The molecular weight excluding hydrogens is 455 g/mol. The molecule has 0 fully saturated rings. The van der Waals surface area contributed by atoms with Crippen LogP contribution in [0.2, 0.25) is 0 Å². The van der Waals surface area contributed by atoms with Crippen molar-refractivity contribution in [3.63, 3.8) is 0 Å². The molecule has 0 unspecified atom stereocenters. The Morgan fingerprint density at radius 2 is 1.85 bits per heavy atom. The summed E-state index contributed by atoms with van der Waals surface area (Å²) in [5.74, 6) is -0.114. The zero-order valence-electron chi connectivity index (χ0n) is 18.2. The SMILES string of the molecule is CCNC(=O)Nc1cc(CNc2c(C(=O)Nc3ccc(OC(F)(F)F)cc3)cnn2C)ccn1. The lowest BCUT2D eigenvalue weighted by Gasteiger charge is -2.12. The highest BCUT2D eigenvalue weighted by Crippen LogP contribution is 2.25. The largest absolute Gasteiger partial charge is 0.573 e. The van der Waals surface area contributed by atoms with Gasteiger partial charge >= 0.3 is 12.4 Å². The number of carbonyl (C=O) groups is 2. The van der Waals surface area contributed by atoms with Crippen LogP contribution in [0, 0.1) is 0 Å². The van der Waals surface area contributed by atoms with E-state index in [2.05, 4.69) is 36.1 Å². The maximum absolute atomic E-state index is 12.7. The molecule has 2 aromatic heterocycles. The van der Waals surface area contributed by atoms with Crippen LogP contribution in [0.5, 0.6) is 5.75 Å². The second-order valence-electron chi connectivity index (χ2n) is 6.94. The Labute approximate surface area is 192 Å². The van der Waals surface area contributed by atoms with Gasteiger partial charge in [-0.25, -0.2) is 9.78 Å². The molecular formula is C21H22F3N7O3. The molecule has 0 spiro atoms. The summed E-state index contributed by atoms with van der Waals surface area (Å²) in [5.41, 5.74) is 1.30. The molecule has 3 aromatic rings. The smallest absolute Gasteiger partial charge is 0.406 e. The molecule has 34 heavy (non-hydrogen) atoms. The molecule has 0 saturated carbocycles. The van der Waals surface area contributed by atoms with Crippen molar-refractivity contribution in [2.45, 2.75) is 19.8 Å². The molecule has 180 valence electrons. The number of amides is 3. The van der Waals surface area contributed by atoms with Gasteiger partial charge in [-0.2, -0.15) is 5.10 Å². The summed E-state index contributed by atoms with van der Waals surface area (Å²) in [6.45, 7) is 2.58. The number of pyridine rings is 1. The first kappa shape index (κ1) is 24.4. The minimum atomic E-state index is -4.80. The zero-order chi connectivity index (χ0) is 24.7. The number of aryl methyl sites for hydroxylation is 1. The normalized spacial score (nSPS) is 11.0. The quantitative estimate of drug-likeness (QED) is 0.392. The predicted octanol–water partition coefficient (Wildman–Crippen LogP) is 3.72.